The lowest BCUT2D eigenvalue weighted by Crippen LogP contribution is -2.33. The van der Waals surface area contributed by atoms with E-state index in [4.69, 9.17) is 9.47 Å². The summed E-state index contributed by atoms with van der Waals surface area (Å²) in [6, 6.07) is 9.68. The molecule has 14 heavy (non-hydrogen) atoms. The van der Waals surface area contributed by atoms with Crippen LogP contribution in [0.25, 0.3) is 0 Å². The number of carbonyl (C=O) groups excluding carboxylic acids is 1. The highest BCUT2D eigenvalue weighted by molar-refractivity contribution is 5.39. The van der Waals surface area contributed by atoms with Crippen molar-refractivity contribution in [3.8, 4) is 0 Å². The molecule has 0 spiro atoms. The molecule has 1 aromatic carbocycles. The Morgan fingerprint density at radius 3 is 2.50 bits per heavy atom. The molecule has 0 aliphatic rings. The van der Waals surface area contributed by atoms with Gasteiger partial charge in [-0.3, -0.25) is 0 Å². The molecular weight excluding hydrogens is 180 g/mol. The molecule has 0 heterocycles. The fourth-order valence-corrected chi connectivity index (χ4v) is 1.20. The van der Waals surface area contributed by atoms with E-state index >= 15 is 0 Å². The van der Waals surface area contributed by atoms with Gasteiger partial charge < -0.3 is 9.47 Å². The molecule has 0 amide bonds. The zero-order valence-electron chi connectivity index (χ0n) is 8.32. The second-order valence-corrected chi connectivity index (χ2v) is 3.19. The minimum Gasteiger partial charge on any atom is -0.425 e. The fourth-order valence-electron chi connectivity index (χ4n) is 1.20. The van der Waals surface area contributed by atoms with Gasteiger partial charge in [0.25, 0.3) is 0 Å². The first-order chi connectivity index (χ1) is 6.70. The van der Waals surface area contributed by atoms with Gasteiger partial charge in [0.05, 0.1) is 0 Å². The average molecular weight is 193 g/mol. The van der Waals surface area contributed by atoms with Crippen molar-refractivity contribution in [2.24, 2.45) is 0 Å². The standard InChI is InChI=1S/C11H13O3/c1-11(13-2,14-9-12)8-10-6-4-3-5-7-10/h3-7H,8H2,1-2H3. The van der Waals surface area contributed by atoms with Crippen LogP contribution in [0.5, 0.6) is 0 Å². The SMILES string of the molecule is COC(C)(Cc1ccccc1)O[C]=O. The summed E-state index contributed by atoms with van der Waals surface area (Å²) < 4.78 is 9.85. The molecule has 1 rings (SSSR count). The minimum atomic E-state index is -0.927. The lowest BCUT2D eigenvalue weighted by atomic mass is 10.1. The van der Waals surface area contributed by atoms with Gasteiger partial charge in [-0.2, -0.15) is 0 Å². The molecular formula is C11H13O3. The number of benzene rings is 1. The van der Waals surface area contributed by atoms with Crippen LogP contribution >= 0.6 is 0 Å². The van der Waals surface area contributed by atoms with Crippen LogP contribution in [0.1, 0.15) is 12.5 Å². The molecule has 0 saturated heterocycles. The first-order valence-corrected chi connectivity index (χ1v) is 4.34. The van der Waals surface area contributed by atoms with Gasteiger partial charge in [-0.25, -0.2) is 4.79 Å². The zero-order valence-corrected chi connectivity index (χ0v) is 8.32. The molecule has 0 aliphatic carbocycles. The molecule has 1 radical (unpaired) electrons. The van der Waals surface area contributed by atoms with E-state index in [-0.39, 0.29) is 0 Å². The van der Waals surface area contributed by atoms with Gasteiger partial charge >= 0.3 is 6.47 Å². The molecule has 75 valence electrons. The Kier molecular flexibility index (Phi) is 3.65. The average Bonchev–Trinajstić information content (AvgIpc) is 2.20. The van der Waals surface area contributed by atoms with E-state index in [1.54, 1.807) is 6.92 Å². The summed E-state index contributed by atoms with van der Waals surface area (Å²) in [7, 11) is 1.50. The molecule has 0 fully saturated rings. The van der Waals surface area contributed by atoms with Gasteiger partial charge in [0.15, 0.2) is 0 Å². The molecule has 3 nitrogen and oxygen atoms in total. The third-order valence-electron chi connectivity index (χ3n) is 2.06. The number of methoxy groups -OCH3 is 1. The van der Waals surface area contributed by atoms with Crippen molar-refractivity contribution in [1.82, 2.24) is 0 Å². The maximum Gasteiger partial charge on any atom is 0.420 e. The van der Waals surface area contributed by atoms with Crippen LogP contribution in [0.15, 0.2) is 30.3 Å². The smallest absolute Gasteiger partial charge is 0.420 e. The zero-order chi connectivity index (χ0) is 10.4. The van der Waals surface area contributed by atoms with Gasteiger partial charge in [-0.05, 0) is 5.56 Å². The first-order valence-electron chi connectivity index (χ1n) is 4.34. The molecule has 1 aromatic rings. The summed E-state index contributed by atoms with van der Waals surface area (Å²) in [6.45, 7) is 3.10. The summed E-state index contributed by atoms with van der Waals surface area (Å²) in [5, 5.41) is 0. The van der Waals surface area contributed by atoms with Crippen molar-refractivity contribution < 1.29 is 14.3 Å². The number of ether oxygens (including phenoxy) is 2. The molecule has 0 aliphatic heterocycles. The number of rotatable bonds is 5. The molecule has 0 bridgehead atoms. The predicted molar refractivity (Wildman–Crippen MR) is 52.3 cm³/mol. The Labute approximate surface area is 83.6 Å². The Balaban J connectivity index is 2.70. The Morgan fingerprint density at radius 1 is 1.36 bits per heavy atom. The van der Waals surface area contributed by atoms with Gasteiger partial charge in [0, 0.05) is 20.5 Å². The summed E-state index contributed by atoms with van der Waals surface area (Å²) in [6.07, 6.45) is 0.513. The topological polar surface area (TPSA) is 35.5 Å². The van der Waals surface area contributed by atoms with E-state index < -0.39 is 5.79 Å². The summed E-state index contributed by atoms with van der Waals surface area (Å²) in [4.78, 5) is 10.1. The highest BCUT2D eigenvalue weighted by Crippen LogP contribution is 2.17. The van der Waals surface area contributed by atoms with Crippen LogP contribution in [0, 0.1) is 0 Å². The van der Waals surface area contributed by atoms with Crippen molar-refractivity contribution in [3.63, 3.8) is 0 Å². The van der Waals surface area contributed by atoms with Crippen molar-refractivity contribution in [2.75, 3.05) is 7.11 Å². The highest BCUT2D eigenvalue weighted by atomic mass is 16.7. The number of hydrogen-bond acceptors (Lipinski definition) is 3. The summed E-state index contributed by atoms with van der Waals surface area (Å²) in [5.74, 6) is -0.927. The van der Waals surface area contributed by atoms with Crippen molar-refractivity contribution in [2.45, 2.75) is 19.1 Å². The monoisotopic (exact) mass is 193 g/mol. The van der Waals surface area contributed by atoms with Crippen LogP contribution in [-0.4, -0.2) is 19.4 Å². The molecule has 3 heteroatoms. The minimum absolute atomic E-state index is 0.513. The van der Waals surface area contributed by atoms with E-state index in [1.807, 2.05) is 30.3 Å². The molecule has 0 aromatic heterocycles. The normalized spacial score (nSPS) is 14.4. The maximum atomic E-state index is 10.1. The number of hydrogen-bond donors (Lipinski definition) is 0. The fraction of sp³-hybridized carbons (Fsp3) is 0.364. The van der Waals surface area contributed by atoms with Crippen molar-refractivity contribution >= 4 is 6.47 Å². The highest BCUT2D eigenvalue weighted by Gasteiger charge is 2.25. The maximum absolute atomic E-state index is 10.1. The van der Waals surface area contributed by atoms with Crippen LogP contribution in [0.2, 0.25) is 0 Å². The molecule has 0 N–H and O–H groups in total. The third-order valence-corrected chi connectivity index (χ3v) is 2.06. The Morgan fingerprint density at radius 2 is 2.00 bits per heavy atom. The quantitative estimate of drug-likeness (QED) is 0.667. The van der Waals surface area contributed by atoms with E-state index in [1.165, 1.54) is 13.6 Å². The first kappa shape index (κ1) is 10.7. The van der Waals surface area contributed by atoms with Crippen molar-refractivity contribution in [3.05, 3.63) is 35.9 Å². The van der Waals surface area contributed by atoms with E-state index in [0.717, 1.165) is 5.56 Å². The Hall–Kier alpha value is -1.35. The molecule has 0 saturated carbocycles. The molecule has 1 atom stereocenters. The van der Waals surface area contributed by atoms with Gasteiger partial charge in [0.2, 0.25) is 5.79 Å². The lowest BCUT2D eigenvalue weighted by Gasteiger charge is -2.25. The van der Waals surface area contributed by atoms with Gasteiger partial charge in [-0.1, -0.05) is 30.3 Å². The van der Waals surface area contributed by atoms with E-state index in [2.05, 4.69) is 0 Å². The molecule has 1 unspecified atom stereocenters. The second-order valence-electron chi connectivity index (χ2n) is 3.19. The lowest BCUT2D eigenvalue weighted by molar-refractivity contribution is -0.157. The van der Waals surface area contributed by atoms with Crippen LogP contribution in [0.4, 0.5) is 0 Å². The van der Waals surface area contributed by atoms with Gasteiger partial charge in [-0.15, -0.1) is 0 Å². The Bertz CT molecular complexity index is 284. The van der Waals surface area contributed by atoms with Gasteiger partial charge in [0.1, 0.15) is 0 Å². The summed E-state index contributed by atoms with van der Waals surface area (Å²) >= 11 is 0. The van der Waals surface area contributed by atoms with E-state index in [0.29, 0.717) is 6.42 Å². The van der Waals surface area contributed by atoms with E-state index in [9.17, 15) is 4.79 Å². The van der Waals surface area contributed by atoms with Crippen LogP contribution < -0.4 is 0 Å². The van der Waals surface area contributed by atoms with Crippen LogP contribution in [0.3, 0.4) is 0 Å². The second kappa shape index (κ2) is 4.77. The predicted octanol–water partition coefficient (Wildman–Crippen LogP) is 1.68. The summed E-state index contributed by atoms with van der Waals surface area (Å²) in [5.41, 5.74) is 1.05. The van der Waals surface area contributed by atoms with Crippen LogP contribution in [-0.2, 0) is 20.7 Å². The largest absolute Gasteiger partial charge is 0.425 e. The third kappa shape index (κ3) is 2.85. The van der Waals surface area contributed by atoms with Crippen molar-refractivity contribution in [1.29, 1.82) is 0 Å².